The van der Waals surface area contributed by atoms with Crippen molar-refractivity contribution in [3.05, 3.63) is 83.3 Å². The van der Waals surface area contributed by atoms with Crippen LogP contribution in [0.1, 0.15) is 18.1 Å². The largest absolute Gasteiger partial charge is 0.493 e. The van der Waals surface area contributed by atoms with Gasteiger partial charge in [-0.05, 0) is 60.3 Å². The predicted octanol–water partition coefficient (Wildman–Crippen LogP) is 5.65. The lowest BCUT2D eigenvalue weighted by Crippen LogP contribution is -2.36. The number of imide groups is 1. The molecule has 0 bridgehead atoms. The van der Waals surface area contributed by atoms with Gasteiger partial charge in [0.25, 0.3) is 11.1 Å². The van der Waals surface area contributed by atoms with Gasteiger partial charge >= 0.3 is 0 Å². The number of ether oxygens (including phenoxy) is 2. The van der Waals surface area contributed by atoms with Crippen molar-refractivity contribution in [2.45, 2.75) is 13.3 Å². The van der Waals surface area contributed by atoms with Crippen molar-refractivity contribution >= 4 is 51.4 Å². The first-order chi connectivity index (χ1) is 17.4. The second-order valence-electron chi connectivity index (χ2n) is 7.98. The highest BCUT2D eigenvalue weighted by Crippen LogP contribution is 2.37. The standard InChI is InChI=1S/C28H26N2O5S/c1-4-9-20-14-18(15-23(35-5-2)26(20)34-3)16-24-27(32)30(28(33)36-24)17-25(31)29-22-13-8-11-19-10-6-7-12-21(19)22/h4,6-8,10-16H,1,5,9,17H2,2-3H3,(H,29,31)/b24-16+. The number of carbonyl (C=O) groups excluding carboxylic acids is 3. The lowest BCUT2D eigenvalue weighted by molar-refractivity contribution is -0.127. The number of anilines is 1. The normalized spacial score (nSPS) is 14.4. The van der Waals surface area contributed by atoms with Crippen molar-refractivity contribution < 1.29 is 23.9 Å². The fourth-order valence-corrected chi connectivity index (χ4v) is 4.86. The number of nitrogens with zero attached hydrogens (tertiary/aromatic N) is 1. The number of rotatable bonds is 9. The van der Waals surface area contributed by atoms with Crippen molar-refractivity contribution in [3.63, 3.8) is 0 Å². The summed E-state index contributed by atoms with van der Waals surface area (Å²) in [5.74, 6) is 0.176. The summed E-state index contributed by atoms with van der Waals surface area (Å²) in [6.07, 6.45) is 3.92. The number of nitrogens with one attached hydrogen (secondary N) is 1. The van der Waals surface area contributed by atoms with Crippen LogP contribution in [0, 0.1) is 0 Å². The Morgan fingerprint density at radius 2 is 1.92 bits per heavy atom. The van der Waals surface area contributed by atoms with Crippen LogP contribution in [0.2, 0.25) is 0 Å². The van der Waals surface area contributed by atoms with Gasteiger partial charge in [0.1, 0.15) is 6.54 Å². The number of allylic oxidation sites excluding steroid dienone is 1. The molecule has 0 saturated carbocycles. The molecule has 0 unspecified atom stereocenters. The predicted molar refractivity (Wildman–Crippen MR) is 143 cm³/mol. The maximum atomic E-state index is 13.0. The molecule has 8 heteroatoms. The molecule has 1 heterocycles. The van der Waals surface area contributed by atoms with E-state index in [1.165, 1.54) is 0 Å². The first-order valence-corrected chi connectivity index (χ1v) is 12.2. The summed E-state index contributed by atoms with van der Waals surface area (Å²) in [7, 11) is 1.57. The Hall–Kier alpha value is -4.04. The molecular weight excluding hydrogens is 476 g/mol. The number of amides is 3. The van der Waals surface area contributed by atoms with E-state index in [-0.39, 0.29) is 11.4 Å². The summed E-state index contributed by atoms with van der Waals surface area (Å²) in [6.45, 7) is 5.72. The van der Waals surface area contributed by atoms with Crippen molar-refractivity contribution in [1.82, 2.24) is 4.90 Å². The van der Waals surface area contributed by atoms with Crippen molar-refractivity contribution in [2.24, 2.45) is 0 Å². The van der Waals surface area contributed by atoms with Crippen molar-refractivity contribution in [2.75, 3.05) is 25.6 Å². The first-order valence-electron chi connectivity index (χ1n) is 11.4. The molecular formula is C28H26N2O5S. The Kier molecular flexibility index (Phi) is 7.75. The Balaban J connectivity index is 1.54. The molecule has 0 spiro atoms. The van der Waals surface area contributed by atoms with Gasteiger partial charge < -0.3 is 14.8 Å². The van der Waals surface area contributed by atoms with Gasteiger partial charge in [-0.3, -0.25) is 19.3 Å². The average Bonchev–Trinajstić information content (AvgIpc) is 3.12. The average molecular weight is 503 g/mol. The van der Waals surface area contributed by atoms with Crippen LogP contribution in [0.5, 0.6) is 11.5 Å². The number of thioether (sulfide) groups is 1. The minimum Gasteiger partial charge on any atom is -0.493 e. The maximum absolute atomic E-state index is 13.0. The van der Waals surface area contributed by atoms with Gasteiger partial charge in [0, 0.05) is 16.6 Å². The monoisotopic (exact) mass is 502 g/mol. The Morgan fingerprint density at radius 1 is 1.14 bits per heavy atom. The van der Waals surface area contributed by atoms with E-state index in [1.807, 2.05) is 49.4 Å². The molecule has 0 aromatic heterocycles. The minimum absolute atomic E-state index is 0.232. The third-order valence-electron chi connectivity index (χ3n) is 5.56. The third kappa shape index (κ3) is 5.28. The zero-order valence-electron chi connectivity index (χ0n) is 20.1. The van der Waals surface area contributed by atoms with E-state index in [2.05, 4.69) is 11.9 Å². The highest BCUT2D eigenvalue weighted by atomic mass is 32.2. The second kappa shape index (κ2) is 11.1. The molecule has 36 heavy (non-hydrogen) atoms. The smallest absolute Gasteiger partial charge is 0.294 e. The molecule has 184 valence electrons. The van der Waals surface area contributed by atoms with Crippen LogP contribution in [-0.4, -0.2) is 42.2 Å². The van der Waals surface area contributed by atoms with E-state index in [0.29, 0.717) is 35.8 Å². The van der Waals surface area contributed by atoms with Gasteiger partial charge in [0.05, 0.1) is 18.6 Å². The van der Waals surface area contributed by atoms with Crippen LogP contribution in [0.15, 0.2) is 72.2 Å². The van der Waals surface area contributed by atoms with Crippen LogP contribution >= 0.6 is 11.8 Å². The topological polar surface area (TPSA) is 84.9 Å². The number of methoxy groups -OCH3 is 1. The van der Waals surface area contributed by atoms with Crippen LogP contribution in [-0.2, 0) is 16.0 Å². The molecule has 3 aromatic carbocycles. The number of hydrogen-bond donors (Lipinski definition) is 1. The summed E-state index contributed by atoms with van der Waals surface area (Å²) in [5, 5.41) is 4.18. The molecule has 1 aliphatic heterocycles. The quantitative estimate of drug-likeness (QED) is 0.301. The summed E-state index contributed by atoms with van der Waals surface area (Å²) in [5.41, 5.74) is 2.15. The van der Waals surface area contributed by atoms with Gasteiger partial charge in [-0.15, -0.1) is 6.58 Å². The molecule has 7 nitrogen and oxygen atoms in total. The molecule has 0 atom stereocenters. The zero-order chi connectivity index (χ0) is 25.7. The van der Waals surface area contributed by atoms with Crippen LogP contribution in [0.25, 0.3) is 16.8 Å². The van der Waals surface area contributed by atoms with Crippen LogP contribution in [0.4, 0.5) is 10.5 Å². The lowest BCUT2D eigenvalue weighted by atomic mass is 10.0. The summed E-state index contributed by atoms with van der Waals surface area (Å²) >= 11 is 0.802. The van der Waals surface area contributed by atoms with Crippen molar-refractivity contribution in [1.29, 1.82) is 0 Å². The second-order valence-corrected chi connectivity index (χ2v) is 8.97. The molecule has 0 aliphatic carbocycles. The van der Waals surface area contributed by atoms with Crippen molar-refractivity contribution in [3.8, 4) is 11.5 Å². The molecule has 1 fully saturated rings. The van der Waals surface area contributed by atoms with E-state index in [0.717, 1.165) is 33.0 Å². The van der Waals surface area contributed by atoms with E-state index in [1.54, 1.807) is 31.4 Å². The van der Waals surface area contributed by atoms with E-state index in [9.17, 15) is 14.4 Å². The Bertz CT molecular complexity index is 1380. The fraction of sp³-hybridized carbons (Fsp3) is 0.179. The molecule has 1 saturated heterocycles. The summed E-state index contributed by atoms with van der Waals surface area (Å²) in [6, 6.07) is 16.9. The van der Waals surface area contributed by atoms with Gasteiger partial charge in [0.15, 0.2) is 11.5 Å². The first kappa shape index (κ1) is 25.1. The molecule has 3 amide bonds. The van der Waals surface area contributed by atoms with E-state index < -0.39 is 17.1 Å². The van der Waals surface area contributed by atoms with Gasteiger partial charge in [-0.2, -0.15) is 0 Å². The van der Waals surface area contributed by atoms with Gasteiger partial charge in [-0.25, -0.2) is 0 Å². The molecule has 1 aliphatic rings. The Labute approximate surface area is 213 Å². The van der Waals surface area contributed by atoms with Gasteiger partial charge in [-0.1, -0.05) is 42.5 Å². The molecule has 4 rings (SSSR count). The number of hydrogen-bond acceptors (Lipinski definition) is 6. The van der Waals surface area contributed by atoms with Gasteiger partial charge in [0.2, 0.25) is 5.91 Å². The highest BCUT2D eigenvalue weighted by molar-refractivity contribution is 8.18. The third-order valence-corrected chi connectivity index (χ3v) is 6.47. The maximum Gasteiger partial charge on any atom is 0.294 e. The SMILES string of the molecule is C=CCc1cc(/C=C2/SC(=O)N(CC(=O)Nc3cccc4ccccc34)C2=O)cc(OCC)c1OC. The fourth-order valence-electron chi connectivity index (χ4n) is 4.02. The minimum atomic E-state index is -0.517. The summed E-state index contributed by atoms with van der Waals surface area (Å²) < 4.78 is 11.2. The molecule has 3 aromatic rings. The number of carbonyl (C=O) groups is 3. The van der Waals surface area contributed by atoms with E-state index >= 15 is 0 Å². The highest BCUT2D eigenvalue weighted by Gasteiger charge is 2.36. The molecule has 0 radical (unpaired) electrons. The lowest BCUT2D eigenvalue weighted by Gasteiger charge is -2.15. The van der Waals surface area contributed by atoms with E-state index in [4.69, 9.17) is 9.47 Å². The summed E-state index contributed by atoms with van der Waals surface area (Å²) in [4.78, 5) is 39.6. The zero-order valence-corrected chi connectivity index (χ0v) is 20.9. The number of fused-ring (bicyclic) bond motifs is 1. The van der Waals surface area contributed by atoms with Crippen LogP contribution < -0.4 is 14.8 Å². The molecule has 1 N–H and O–H groups in total. The Morgan fingerprint density at radius 3 is 2.67 bits per heavy atom. The number of benzene rings is 3. The van der Waals surface area contributed by atoms with Crippen LogP contribution in [0.3, 0.4) is 0 Å².